The van der Waals surface area contributed by atoms with E-state index in [4.69, 9.17) is 8.74 Å². The van der Waals surface area contributed by atoms with Crippen molar-refractivity contribution >= 4 is 50.7 Å². The number of hydrogen-bond acceptors (Lipinski definition) is 6. The van der Waals surface area contributed by atoms with Gasteiger partial charge >= 0.3 is 16.1 Å². The van der Waals surface area contributed by atoms with Gasteiger partial charge in [0.15, 0.2) is 11.1 Å². The third-order valence-corrected chi connectivity index (χ3v) is 7.69. The zero-order valence-corrected chi connectivity index (χ0v) is 20.9. The van der Waals surface area contributed by atoms with Crippen molar-refractivity contribution in [3.05, 3.63) is 78.0 Å². The fourth-order valence-electron chi connectivity index (χ4n) is 3.92. The van der Waals surface area contributed by atoms with E-state index in [1.54, 1.807) is 18.2 Å². The number of benzene rings is 3. The molecule has 0 spiro atoms. The third-order valence-electron chi connectivity index (χ3n) is 5.41. The Morgan fingerprint density at radius 3 is 2.37 bits per heavy atom. The first-order valence-electron chi connectivity index (χ1n) is 10.3. The number of carbonyl (C=O) groups is 1. The standard InChI is InChI=1S/C24H21NO7S3/c1-15-24(35(30,31)32-19-8-5-16(6-9-19)14-34(28)29)21-12-18(17-3-2-4-20(33)11-17)7-10-22(21)25(15)13-23(26)27/h2-12,33H,13-14H2,1H3,(H,26,27)(H,28,29). The summed E-state index contributed by atoms with van der Waals surface area (Å²) in [5, 5.41) is 9.73. The Morgan fingerprint density at radius 1 is 1.06 bits per heavy atom. The highest BCUT2D eigenvalue weighted by Crippen LogP contribution is 2.35. The average Bonchev–Trinajstić information content (AvgIpc) is 3.05. The SMILES string of the molecule is Cc1c(S(=O)(=O)Oc2ccc(CS(=O)O)cc2)c2cc(-c3cccc(S)c3)ccc2n1CC(=O)O. The average molecular weight is 532 g/mol. The van der Waals surface area contributed by atoms with E-state index in [1.165, 1.54) is 35.8 Å². The van der Waals surface area contributed by atoms with Gasteiger partial charge < -0.3 is 18.4 Å². The van der Waals surface area contributed by atoms with Crippen LogP contribution >= 0.6 is 12.6 Å². The second-order valence-corrected chi connectivity index (χ2v) is 10.8. The lowest BCUT2D eigenvalue weighted by molar-refractivity contribution is -0.137. The van der Waals surface area contributed by atoms with Gasteiger partial charge in [-0.15, -0.1) is 12.6 Å². The van der Waals surface area contributed by atoms with Gasteiger partial charge in [0.1, 0.15) is 17.2 Å². The number of thiol groups is 1. The lowest BCUT2D eigenvalue weighted by Gasteiger charge is -2.09. The highest BCUT2D eigenvalue weighted by molar-refractivity contribution is 7.87. The Kier molecular flexibility index (Phi) is 7.04. The zero-order valence-electron chi connectivity index (χ0n) is 18.4. The summed E-state index contributed by atoms with van der Waals surface area (Å²) >= 11 is 2.34. The van der Waals surface area contributed by atoms with Crippen molar-refractivity contribution in [2.75, 3.05) is 0 Å². The van der Waals surface area contributed by atoms with Gasteiger partial charge in [-0.25, -0.2) is 4.21 Å². The van der Waals surface area contributed by atoms with E-state index in [-0.39, 0.29) is 22.1 Å². The molecule has 3 aromatic carbocycles. The summed E-state index contributed by atoms with van der Waals surface area (Å²) in [6, 6.07) is 18.3. The van der Waals surface area contributed by atoms with Crippen LogP contribution in [0.3, 0.4) is 0 Å². The van der Waals surface area contributed by atoms with Crippen molar-refractivity contribution in [3.63, 3.8) is 0 Å². The summed E-state index contributed by atoms with van der Waals surface area (Å²) in [5.74, 6) is -1.18. The van der Waals surface area contributed by atoms with Crippen molar-refractivity contribution in [2.24, 2.45) is 0 Å². The molecule has 1 atom stereocenters. The van der Waals surface area contributed by atoms with Gasteiger partial charge in [0.25, 0.3) is 0 Å². The fourth-order valence-corrected chi connectivity index (χ4v) is 5.98. The van der Waals surface area contributed by atoms with Gasteiger partial charge in [0.05, 0.1) is 11.3 Å². The van der Waals surface area contributed by atoms with E-state index < -0.39 is 33.7 Å². The third kappa shape index (κ3) is 5.43. The Labute approximate surface area is 210 Å². The molecule has 0 aliphatic heterocycles. The maximum absolute atomic E-state index is 13.4. The van der Waals surface area contributed by atoms with Crippen LogP contribution in [0.25, 0.3) is 22.0 Å². The molecule has 182 valence electrons. The molecule has 4 rings (SSSR count). The number of rotatable bonds is 8. The maximum atomic E-state index is 13.4. The van der Waals surface area contributed by atoms with Crippen LogP contribution in [0.4, 0.5) is 0 Å². The smallest absolute Gasteiger partial charge is 0.341 e. The molecule has 35 heavy (non-hydrogen) atoms. The number of aliphatic carboxylic acids is 1. The number of aromatic nitrogens is 1. The number of hydrogen-bond donors (Lipinski definition) is 3. The summed E-state index contributed by atoms with van der Waals surface area (Å²) in [6.07, 6.45) is 0. The predicted octanol–water partition coefficient (Wildman–Crippen LogP) is 4.48. The Morgan fingerprint density at radius 2 is 1.74 bits per heavy atom. The van der Waals surface area contributed by atoms with Gasteiger partial charge in [0, 0.05) is 16.0 Å². The molecule has 1 aromatic heterocycles. The minimum absolute atomic E-state index is 0.0231. The van der Waals surface area contributed by atoms with Crippen LogP contribution < -0.4 is 4.18 Å². The molecule has 1 unspecified atom stereocenters. The zero-order chi connectivity index (χ0) is 25.3. The lowest BCUT2D eigenvalue weighted by Crippen LogP contribution is -2.13. The van der Waals surface area contributed by atoms with Crippen molar-refractivity contribution in [1.29, 1.82) is 0 Å². The van der Waals surface area contributed by atoms with Crippen LogP contribution in [-0.2, 0) is 38.3 Å². The van der Waals surface area contributed by atoms with Crippen LogP contribution in [0.1, 0.15) is 11.3 Å². The molecule has 2 N–H and O–H groups in total. The molecule has 0 fully saturated rings. The molecule has 0 bridgehead atoms. The normalized spacial score (nSPS) is 12.5. The van der Waals surface area contributed by atoms with E-state index in [1.807, 2.05) is 24.3 Å². The second-order valence-electron chi connectivity index (χ2n) is 7.82. The Hall–Kier alpha value is -3.12. The van der Waals surface area contributed by atoms with Gasteiger partial charge in [0.2, 0.25) is 0 Å². The quantitative estimate of drug-likeness (QED) is 0.174. The molecule has 0 saturated heterocycles. The molecule has 0 amide bonds. The monoisotopic (exact) mass is 531 g/mol. The molecule has 4 aromatic rings. The van der Waals surface area contributed by atoms with E-state index >= 15 is 0 Å². The molecule has 8 nitrogen and oxygen atoms in total. The van der Waals surface area contributed by atoms with Crippen LogP contribution in [-0.4, -0.2) is 32.8 Å². The molecule has 0 saturated carbocycles. The summed E-state index contributed by atoms with van der Waals surface area (Å²) in [6.45, 7) is 1.11. The van der Waals surface area contributed by atoms with Crippen LogP contribution in [0.15, 0.2) is 76.5 Å². The second kappa shape index (κ2) is 9.86. The highest BCUT2D eigenvalue weighted by atomic mass is 32.2. The van der Waals surface area contributed by atoms with Crippen LogP contribution in [0, 0.1) is 6.92 Å². The van der Waals surface area contributed by atoms with Gasteiger partial charge in [-0.1, -0.05) is 30.3 Å². The van der Waals surface area contributed by atoms with Crippen molar-refractivity contribution < 1.29 is 31.3 Å². The molecule has 11 heteroatoms. The Balaban J connectivity index is 1.83. The predicted molar refractivity (Wildman–Crippen MR) is 136 cm³/mol. The van der Waals surface area contributed by atoms with Crippen LogP contribution in [0.5, 0.6) is 5.75 Å². The number of nitrogens with zero attached hydrogens (tertiary/aromatic N) is 1. The topological polar surface area (TPSA) is 123 Å². The lowest BCUT2D eigenvalue weighted by atomic mass is 10.0. The minimum Gasteiger partial charge on any atom is -0.480 e. The number of fused-ring (bicyclic) bond motifs is 1. The van der Waals surface area contributed by atoms with Crippen molar-refractivity contribution in [2.45, 2.75) is 29.0 Å². The Bertz CT molecular complexity index is 1560. The summed E-state index contributed by atoms with van der Waals surface area (Å²) < 4.78 is 53.7. The van der Waals surface area contributed by atoms with Gasteiger partial charge in [-0.3, -0.25) is 4.79 Å². The molecule has 0 aliphatic rings. The van der Waals surface area contributed by atoms with Gasteiger partial charge in [-0.2, -0.15) is 8.42 Å². The van der Waals surface area contributed by atoms with E-state index in [0.717, 1.165) is 16.0 Å². The first-order valence-corrected chi connectivity index (χ1v) is 13.4. The van der Waals surface area contributed by atoms with Crippen molar-refractivity contribution in [1.82, 2.24) is 4.57 Å². The first kappa shape index (κ1) is 25.0. The summed E-state index contributed by atoms with van der Waals surface area (Å²) in [7, 11) is -4.37. The first-order chi connectivity index (χ1) is 16.5. The number of carboxylic acid groups (broad SMARTS) is 1. The summed E-state index contributed by atoms with van der Waals surface area (Å²) in [4.78, 5) is 12.1. The number of carboxylic acids is 1. The van der Waals surface area contributed by atoms with E-state index in [0.29, 0.717) is 16.5 Å². The molecule has 0 radical (unpaired) electrons. The van der Waals surface area contributed by atoms with Gasteiger partial charge in [-0.05, 0) is 60.0 Å². The minimum atomic E-state index is -4.37. The molecular formula is C24H21NO7S3. The van der Waals surface area contributed by atoms with Crippen LogP contribution in [0.2, 0.25) is 0 Å². The largest absolute Gasteiger partial charge is 0.480 e. The highest BCUT2D eigenvalue weighted by Gasteiger charge is 2.28. The molecule has 1 heterocycles. The summed E-state index contributed by atoms with van der Waals surface area (Å²) in [5.41, 5.74) is 2.78. The van der Waals surface area contributed by atoms with E-state index in [2.05, 4.69) is 12.6 Å². The van der Waals surface area contributed by atoms with E-state index in [9.17, 15) is 22.5 Å². The maximum Gasteiger partial charge on any atom is 0.341 e. The fraction of sp³-hybridized carbons (Fsp3) is 0.125. The molecular weight excluding hydrogens is 510 g/mol. The molecule has 0 aliphatic carbocycles. The van der Waals surface area contributed by atoms with Crippen molar-refractivity contribution in [3.8, 4) is 16.9 Å².